The lowest BCUT2D eigenvalue weighted by molar-refractivity contribution is -0.146. The first-order valence-electron chi connectivity index (χ1n) is 5.71. The van der Waals surface area contributed by atoms with Crippen molar-refractivity contribution < 1.29 is 9.90 Å². The smallest absolute Gasteiger partial charge is 0.230 e. The van der Waals surface area contributed by atoms with Crippen molar-refractivity contribution in [2.45, 2.75) is 38.2 Å². The lowest BCUT2D eigenvalue weighted by Gasteiger charge is -2.41. The Hall–Kier alpha value is -0.610. The molecule has 1 saturated carbocycles. The summed E-state index contributed by atoms with van der Waals surface area (Å²) in [5.41, 5.74) is 4.70. The normalized spacial score (nSPS) is 33.9. The van der Waals surface area contributed by atoms with Crippen molar-refractivity contribution in [2.75, 3.05) is 19.6 Å². The van der Waals surface area contributed by atoms with E-state index in [1.807, 2.05) is 0 Å². The Morgan fingerprint density at radius 1 is 1.47 bits per heavy atom. The van der Waals surface area contributed by atoms with E-state index in [4.69, 9.17) is 5.73 Å². The van der Waals surface area contributed by atoms with Crippen molar-refractivity contribution >= 4 is 5.91 Å². The predicted molar refractivity (Wildman–Crippen MR) is 57.2 cm³/mol. The van der Waals surface area contributed by atoms with Gasteiger partial charge in [-0.15, -0.1) is 0 Å². The third-order valence-corrected chi connectivity index (χ3v) is 3.89. The number of hydrogen-bond donors (Lipinski definition) is 2. The highest BCUT2D eigenvalue weighted by Crippen LogP contribution is 2.42. The van der Waals surface area contributed by atoms with E-state index in [2.05, 4.69) is 0 Å². The van der Waals surface area contributed by atoms with Crippen LogP contribution in [0.3, 0.4) is 0 Å². The Kier molecular flexibility index (Phi) is 2.51. The van der Waals surface area contributed by atoms with Crippen molar-refractivity contribution in [1.82, 2.24) is 4.90 Å². The van der Waals surface area contributed by atoms with E-state index in [9.17, 15) is 9.90 Å². The largest absolute Gasteiger partial charge is 0.388 e. The van der Waals surface area contributed by atoms with Gasteiger partial charge in [0.25, 0.3) is 0 Å². The highest BCUT2D eigenvalue weighted by molar-refractivity contribution is 5.84. The van der Waals surface area contributed by atoms with Gasteiger partial charge in [-0.2, -0.15) is 0 Å². The number of likely N-dealkylation sites (tertiary alicyclic amines) is 1. The van der Waals surface area contributed by atoms with E-state index in [1.54, 1.807) is 11.8 Å². The minimum Gasteiger partial charge on any atom is -0.388 e. The van der Waals surface area contributed by atoms with Gasteiger partial charge in [-0.1, -0.05) is 6.42 Å². The van der Waals surface area contributed by atoms with E-state index < -0.39 is 5.60 Å². The zero-order chi connectivity index (χ0) is 11.1. The summed E-state index contributed by atoms with van der Waals surface area (Å²) in [6.07, 6.45) is 3.62. The van der Waals surface area contributed by atoms with Crippen LogP contribution in [0.1, 0.15) is 32.6 Å². The number of carbonyl (C=O) groups is 1. The minimum absolute atomic E-state index is 0.161. The highest BCUT2D eigenvalue weighted by Gasteiger charge is 2.47. The van der Waals surface area contributed by atoms with Crippen molar-refractivity contribution in [2.24, 2.45) is 11.1 Å². The summed E-state index contributed by atoms with van der Waals surface area (Å²) in [6, 6.07) is 0. The molecule has 0 aromatic carbocycles. The van der Waals surface area contributed by atoms with Gasteiger partial charge < -0.3 is 15.7 Å². The monoisotopic (exact) mass is 212 g/mol. The number of nitrogens with zero attached hydrogens (tertiary/aromatic N) is 1. The van der Waals surface area contributed by atoms with E-state index in [0.717, 1.165) is 19.3 Å². The second-order valence-corrected chi connectivity index (χ2v) is 5.31. The summed E-state index contributed by atoms with van der Waals surface area (Å²) >= 11 is 0. The average molecular weight is 212 g/mol. The maximum atomic E-state index is 12.2. The fraction of sp³-hybridized carbons (Fsp3) is 0.909. The summed E-state index contributed by atoms with van der Waals surface area (Å²) in [5.74, 6) is 0.161. The second kappa shape index (κ2) is 3.46. The Labute approximate surface area is 90.4 Å². The third kappa shape index (κ3) is 1.76. The molecule has 3 N–H and O–H groups in total. The molecule has 1 heterocycles. The van der Waals surface area contributed by atoms with E-state index >= 15 is 0 Å². The number of aliphatic hydroxyl groups is 1. The SMILES string of the molecule is CC1(O)CCN(C(=O)C2(CN)CCC2)C1. The maximum absolute atomic E-state index is 12.2. The predicted octanol–water partition coefficient (Wildman–Crippen LogP) is 0.0987. The second-order valence-electron chi connectivity index (χ2n) is 5.31. The van der Waals surface area contributed by atoms with Crippen molar-refractivity contribution in [1.29, 1.82) is 0 Å². The topological polar surface area (TPSA) is 66.6 Å². The van der Waals surface area contributed by atoms with E-state index in [1.165, 1.54) is 0 Å². The summed E-state index contributed by atoms with van der Waals surface area (Å²) in [5, 5.41) is 9.82. The first-order chi connectivity index (χ1) is 6.99. The molecule has 1 unspecified atom stereocenters. The summed E-state index contributed by atoms with van der Waals surface area (Å²) in [4.78, 5) is 14.0. The molecule has 0 aromatic heterocycles. The standard InChI is InChI=1S/C11H20N2O2/c1-10(15)5-6-13(8-10)9(14)11(7-12)3-2-4-11/h15H,2-8,12H2,1H3. The number of amides is 1. The van der Waals surface area contributed by atoms with E-state index in [0.29, 0.717) is 26.1 Å². The van der Waals surface area contributed by atoms with Crippen LogP contribution in [-0.4, -0.2) is 41.1 Å². The maximum Gasteiger partial charge on any atom is 0.230 e. The number of rotatable bonds is 2. The van der Waals surface area contributed by atoms with Crippen LogP contribution in [0.25, 0.3) is 0 Å². The Morgan fingerprint density at radius 2 is 2.13 bits per heavy atom. The molecule has 1 saturated heterocycles. The van der Waals surface area contributed by atoms with Crippen LogP contribution in [-0.2, 0) is 4.79 Å². The zero-order valence-electron chi connectivity index (χ0n) is 9.33. The van der Waals surface area contributed by atoms with E-state index in [-0.39, 0.29) is 11.3 Å². The van der Waals surface area contributed by atoms with Gasteiger partial charge in [0.2, 0.25) is 5.91 Å². The van der Waals surface area contributed by atoms with Gasteiger partial charge in [0.05, 0.1) is 11.0 Å². The summed E-state index contributed by atoms with van der Waals surface area (Å²) in [6.45, 7) is 3.38. The molecule has 0 radical (unpaired) electrons. The van der Waals surface area contributed by atoms with Crippen molar-refractivity contribution in [3.05, 3.63) is 0 Å². The molecule has 2 aliphatic rings. The highest BCUT2D eigenvalue weighted by atomic mass is 16.3. The summed E-state index contributed by atoms with van der Waals surface area (Å²) in [7, 11) is 0. The molecule has 2 fully saturated rings. The van der Waals surface area contributed by atoms with Gasteiger partial charge >= 0.3 is 0 Å². The molecular formula is C11H20N2O2. The van der Waals surface area contributed by atoms with Gasteiger partial charge in [-0.05, 0) is 26.2 Å². The van der Waals surface area contributed by atoms with Crippen LogP contribution < -0.4 is 5.73 Å². The van der Waals surface area contributed by atoms with Crippen LogP contribution in [0.15, 0.2) is 0 Å². The Bertz CT molecular complexity index is 266. The van der Waals surface area contributed by atoms with Crippen molar-refractivity contribution in [3.8, 4) is 0 Å². The number of β-amino-alcohol motifs (C(OH)–C–C–N with tert-alkyl or cyclic N) is 1. The van der Waals surface area contributed by atoms with Crippen LogP contribution in [0.2, 0.25) is 0 Å². The first-order valence-corrected chi connectivity index (χ1v) is 5.71. The zero-order valence-corrected chi connectivity index (χ0v) is 9.33. The van der Waals surface area contributed by atoms with Gasteiger partial charge in [-0.25, -0.2) is 0 Å². The molecule has 0 spiro atoms. The number of nitrogens with two attached hydrogens (primary N) is 1. The summed E-state index contributed by atoms with van der Waals surface area (Å²) < 4.78 is 0. The van der Waals surface area contributed by atoms with Crippen LogP contribution in [0.5, 0.6) is 0 Å². The third-order valence-electron chi connectivity index (χ3n) is 3.89. The van der Waals surface area contributed by atoms with Crippen LogP contribution in [0, 0.1) is 5.41 Å². The number of carbonyl (C=O) groups excluding carboxylic acids is 1. The van der Waals surface area contributed by atoms with Gasteiger partial charge in [0.15, 0.2) is 0 Å². The Morgan fingerprint density at radius 3 is 2.47 bits per heavy atom. The quantitative estimate of drug-likeness (QED) is 0.682. The lowest BCUT2D eigenvalue weighted by Crippen LogP contribution is -2.52. The van der Waals surface area contributed by atoms with Crippen molar-refractivity contribution in [3.63, 3.8) is 0 Å². The molecule has 1 amide bonds. The lowest BCUT2D eigenvalue weighted by atomic mass is 9.68. The minimum atomic E-state index is -0.699. The molecule has 1 aliphatic carbocycles. The van der Waals surface area contributed by atoms with Gasteiger partial charge in [0, 0.05) is 19.6 Å². The van der Waals surface area contributed by atoms with Gasteiger partial charge in [-0.3, -0.25) is 4.79 Å². The fourth-order valence-corrected chi connectivity index (χ4v) is 2.56. The van der Waals surface area contributed by atoms with Crippen LogP contribution >= 0.6 is 0 Å². The molecular weight excluding hydrogens is 192 g/mol. The molecule has 4 nitrogen and oxygen atoms in total. The molecule has 86 valence electrons. The molecule has 0 aromatic rings. The molecule has 0 bridgehead atoms. The molecule has 1 atom stereocenters. The van der Waals surface area contributed by atoms with Crippen LogP contribution in [0.4, 0.5) is 0 Å². The number of hydrogen-bond acceptors (Lipinski definition) is 3. The van der Waals surface area contributed by atoms with Gasteiger partial charge in [0.1, 0.15) is 0 Å². The molecule has 1 aliphatic heterocycles. The molecule has 15 heavy (non-hydrogen) atoms. The first kappa shape index (κ1) is 10.9. The fourth-order valence-electron chi connectivity index (χ4n) is 2.56. The Balaban J connectivity index is 2.03. The molecule has 4 heteroatoms. The average Bonchev–Trinajstić information content (AvgIpc) is 2.45. The molecule has 2 rings (SSSR count).